The van der Waals surface area contributed by atoms with Gasteiger partial charge in [0.05, 0.1) is 30.8 Å². The number of carboxylic acid groups (broad SMARTS) is 1. The van der Waals surface area contributed by atoms with Crippen molar-refractivity contribution in [3.63, 3.8) is 0 Å². The Morgan fingerprint density at radius 3 is 2.95 bits per heavy atom. The molecule has 0 spiro atoms. The summed E-state index contributed by atoms with van der Waals surface area (Å²) >= 11 is 0. The second kappa shape index (κ2) is 6.66. The van der Waals surface area contributed by atoms with Gasteiger partial charge in [0.2, 0.25) is 0 Å². The largest absolute Gasteiger partial charge is 0.481 e. The summed E-state index contributed by atoms with van der Waals surface area (Å²) in [5.74, 6) is -1.90. The number of ether oxygens (including phenoxy) is 1. The maximum Gasteiger partial charge on any atom is 0.310 e. The number of benzene rings is 1. The van der Waals surface area contributed by atoms with Crippen molar-refractivity contribution in [2.75, 3.05) is 19.8 Å². The molecule has 1 N–H and O–H groups in total. The normalized spacial score (nSPS) is 21.4. The molecule has 0 bridgehead atoms. The van der Waals surface area contributed by atoms with Gasteiger partial charge in [-0.3, -0.25) is 9.69 Å². The molecule has 1 aromatic rings. The number of nitrogens with zero attached hydrogens (tertiary/aromatic N) is 2. The number of halogens is 1. The molecule has 6 heteroatoms. The summed E-state index contributed by atoms with van der Waals surface area (Å²) < 4.78 is 19.1. The van der Waals surface area contributed by atoms with Gasteiger partial charge in [-0.15, -0.1) is 0 Å². The monoisotopic (exact) mass is 292 g/mol. The van der Waals surface area contributed by atoms with Crippen molar-refractivity contribution in [3.8, 4) is 6.07 Å². The second-order valence-electron chi connectivity index (χ2n) is 5.03. The van der Waals surface area contributed by atoms with Crippen LogP contribution in [0.5, 0.6) is 0 Å². The minimum atomic E-state index is -0.901. The topological polar surface area (TPSA) is 73.6 Å². The first-order valence-corrected chi connectivity index (χ1v) is 6.80. The summed E-state index contributed by atoms with van der Waals surface area (Å²) in [5.41, 5.74) is 0.784. The maximum atomic E-state index is 13.9. The molecule has 0 aromatic heterocycles. The summed E-state index contributed by atoms with van der Waals surface area (Å²) in [6.45, 7) is 3.23. The van der Waals surface area contributed by atoms with E-state index in [0.717, 1.165) is 0 Å². The molecule has 21 heavy (non-hydrogen) atoms. The van der Waals surface area contributed by atoms with Gasteiger partial charge in [0.15, 0.2) is 0 Å². The van der Waals surface area contributed by atoms with Gasteiger partial charge in [0.25, 0.3) is 0 Å². The Labute approximate surface area is 122 Å². The van der Waals surface area contributed by atoms with Crippen LogP contribution in [0.4, 0.5) is 4.39 Å². The number of hydrogen-bond donors (Lipinski definition) is 1. The molecule has 2 atom stereocenters. The first-order valence-electron chi connectivity index (χ1n) is 6.80. The molecule has 0 amide bonds. The first kappa shape index (κ1) is 15.4. The fourth-order valence-electron chi connectivity index (χ4n) is 2.59. The number of aliphatic carboxylic acids is 1. The molecule has 2 rings (SSSR count). The van der Waals surface area contributed by atoms with Crippen LogP contribution in [0, 0.1) is 23.1 Å². The van der Waals surface area contributed by atoms with Crippen LogP contribution in [-0.2, 0) is 16.1 Å². The second-order valence-corrected chi connectivity index (χ2v) is 5.03. The minimum absolute atomic E-state index is 0.178. The summed E-state index contributed by atoms with van der Waals surface area (Å²) in [5, 5.41) is 18.1. The third kappa shape index (κ3) is 3.38. The lowest BCUT2D eigenvalue weighted by atomic mass is 10.0. The third-order valence-corrected chi connectivity index (χ3v) is 3.79. The molecule has 0 saturated carbocycles. The molecule has 1 aromatic carbocycles. The van der Waals surface area contributed by atoms with Crippen molar-refractivity contribution in [1.82, 2.24) is 4.90 Å². The summed E-state index contributed by atoms with van der Waals surface area (Å²) in [7, 11) is 0. The van der Waals surface area contributed by atoms with Gasteiger partial charge in [-0.2, -0.15) is 5.26 Å². The molecular weight excluding hydrogens is 275 g/mol. The van der Waals surface area contributed by atoms with Crippen LogP contribution in [-0.4, -0.2) is 41.8 Å². The van der Waals surface area contributed by atoms with Gasteiger partial charge in [-0.1, -0.05) is 6.92 Å². The number of carbonyl (C=O) groups is 1. The molecular formula is C15H17FN2O3. The van der Waals surface area contributed by atoms with E-state index in [1.807, 2.05) is 17.9 Å². The van der Waals surface area contributed by atoms with Crippen LogP contribution in [0.1, 0.15) is 18.1 Å². The number of carboxylic acids is 1. The van der Waals surface area contributed by atoms with Crippen molar-refractivity contribution in [3.05, 3.63) is 35.1 Å². The van der Waals surface area contributed by atoms with Gasteiger partial charge in [0.1, 0.15) is 5.82 Å². The van der Waals surface area contributed by atoms with Crippen molar-refractivity contribution in [2.45, 2.75) is 19.5 Å². The van der Waals surface area contributed by atoms with Gasteiger partial charge >= 0.3 is 5.97 Å². The molecule has 0 radical (unpaired) electrons. The number of likely N-dealkylation sites (N-methyl/N-ethyl adjacent to an activating group) is 1. The van der Waals surface area contributed by atoms with Crippen LogP contribution in [0.3, 0.4) is 0 Å². The van der Waals surface area contributed by atoms with Crippen molar-refractivity contribution >= 4 is 5.97 Å². The van der Waals surface area contributed by atoms with Gasteiger partial charge in [-0.25, -0.2) is 4.39 Å². The van der Waals surface area contributed by atoms with Crippen LogP contribution >= 0.6 is 0 Å². The Bertz CT molecular complexity index is 571. The maximum absolute atomic E-state index is 13.9. The summed E-state index contributed by atoms with van der Waals surface area (Å²) in [6.07, 6.45) is 0. The van der Waals surface area contributed by atoms with Crippen LogP contribution in [0.2, 0.25) is 0 Å². The average molecular weight is 292 g/mol. The zero-order valence-electron chi connectivity index (χ0n) is 11.8. The van der Waals surface area contributed by atoms with E-state index in [4.69, 9.17) is 10.00 Å². The number of hydrogen-bond acceptors (Lipinski definition) is 4. The Hall–Kier alpha value is -1.97. The summed E-state index contributed by atoms with van der Waals surface area (Å²) in [4.78, 5) is 13.1. The predicted octanol–water partition coefficient (Wildman–Crippen LogP) is 1.62. The molecule has 5 nitrogen and oxygen atoms in total. The lowest BCUT2D eigenvalue weighted by molar-refractivity contribution is -0.143. The van der Waals surface area contributed by atoms with E-state index in [-0.39, 0.29) is 19.2 Å². The molecule has 1 fully saturated rings. The Morgan fingerprint density at radius 2 is 2.33 bits per heavy atom. The van der Waals surface area contributed by atoms with E-state index in [1.165, 1.54) is 18.2 Å². The van der Waals surface area contributed by atoms with E-state index in [2.05, 4.69) is 0 Å². The van der Waals surface area contributed by atoms with E-state index >= 15 is 0 Å². The highest BCUT2D eigenvalue weighted by atomic mass is 19.1. The zero-order valence-corrected chi connectivity index (χ0v) is 11.8. The lowest BCUT2D eigenvalue weighted by Crippen LogP contribution is -2.42. The summed E-state index contributed by atoms with van der Waals surface area (Å²) in [6, 6.07) is 5.89. The SMILES string of the molecule is CCN(Cc1cc(C#N)ccc1F)C1COCC1C(=O)O. The fourth-order valence-corrected chi connectivity index (χ4v) is 2.59. The zero-order chi connectivity index (χ0) is 15.4. The van der Waals surface area contributed by atoms with Crippen LogP contribution in [0.15, 0.2) is 18.2 Å². The van der Waals surface area contributed by atoms with Crippen LogP contribution in [0.25, 0.3) is 0 Å². The third-order valence-electron chi connectivity index (χ3n) is 3.79. The van der Waals surface area contributed by atoms with Gasteiger partial charge in [-0.05, 0) is 24.7 Å². The average Bonchev–Trinajstić information content (AvgIpc) is 2.96. The van der Waals surface area contributed by atoms with E-state index in [0.29, 0.717) is 24.3 Å². The van der Waals surface area contributed by atoms with E-state index in [9.17, 15) is 14.3 Å². The molecule has 1 aliphatic rings. The highest BCUT2D eigenvalue weighted by Gasteiger charge is 2.37. The standard InChI is InChI=1S/C15H17FN2O3/c1-2-18(14-9-21-8-12(14)15(19)20)7-11-5-10(6-17)3-4-13(11)16/h3-5,12,14H,2,7-9H2,1H3,(H,19,20). The van der Waals surface area contributed by atoms with Crippen molar-refractivity contribution in [2.24, 2.45) is 5.92 Å². The molecule has 112 valence electrons. The van der Waals surface area contributed by atoms with Gasteiger partial charge in [0, 0.05) is 18.2 Å². The number of rotatable bonds is 5. The predicted molar refractivity (Wildman–Crippen MR) is 72.9 cm³/mol. The van der Waals surface area contributed by atoms with E-state index < -0.39 is 17.7 Å². The molecule has 1 aliphatic heterocycles. The lowest BCUT2D eigenvalue weighted by Gasteiger charge is -2.29. The first-order chi connectivity index (χ1) is 10.1. The molecule has 1 heterocycles. The highest BCUT2D eigenvalue weighted by molar-refractivity contribution is 5.71. The smallest absolute Gasteiger partial charge is 0.310 e. The fraction of sp³-hybridized carbons (Fsp3) is 0.467. The minimum Gasteiger partial charge on any atom is -0.481 e. The Balaban J connectivity index is 2.19. The van der Waals surface area contributed by atoms with Gasteiger partial charge < -0.3 is 9.84 Å². The van der Waals surface area contributed by atoms with E-state index in [1.54, 1.807) is 0 Å². The van der Waals surface area contributed by atoms with Crippen LogP contribution < -0.4 is 0 Å². The molecule has 2 unspecified atom stereocenters. The quantitative estimate of drug-likeness (QED) is 0.892. The molecule has 1 saturated heterocycles. The highest BCUT2D eigenvalue weighted by Crippen LogP contribution is 2.23. The number of nitriles is 1. The van der Waals surface area contributed by atoms with Crippen molar-refractivity contribution < 1.29 is 19.0 Å². The van der Waals surface area contributed by atoms with Crippen molar-refractivity contribution in [1.29, 1.82) is 5.26 Å². The molecule has 0 aliphatic carbocycles. The Morgan fingerprint density at radius 1 is 1.57 bits per heavy atom. The Kier molecular flexibility index (Phi) is 4.89.